The van der Waals surface area contributed by atoms with Crippen molar-refractivity contribution in [3.8, 4) is 0 Å². The Balaban J connectivity index is 2.51. The number of halogens is 3. The molecule has 1 heterocycles. The predicted molar refractivity (Wildman–Crippen MR) is 55.2 cm³/mol. The van der Waals surface area contributed by atoms with Gasteiger partial charge in [0.05, 0.1) is 0 Å². The highest BCUT2D eigenvalue weighted by Crippen LogP contribution is 2.22. The first-order chi connectivity index (χ1) is 7.21. The summed E-state index contributed by atoms with van der Waals surface area (Å²) in [4.78, 5) is 3.81. The lowest BCUT2D eigenvalue weighted by molar-refractivity contribution is -0.209. The van der Waals surface area contributed by atoms with Gasteiger partial charge in [-0.3, -0.25) is 9.80 Å². The van der Waals surface area contributed by atoms with E-state index < -0.39 is 12.3 Å². The molecule has 3 unspecified atom stereocenters. The summed E-state index contributed by atoms with van der Waals surface area (Å²) in [5.74, 6) is 0. The van der Waals surface area contributed by atoms with Crippen LogP contribution in [0.4, 0.5) is 13.2 Å². The summed E-state index contributed by atoms with van der Waals surface area (Å²) in [5.41, 5.74) is 0. The van der Waals surface area contributed by atoms with Gasteiger partial charge in [-0.25, -0.2) is 0 Å². The van der Waals surface area contributed by atoms with E-state index in [4.69, 9.17) is 5.11 Å². The predicted octanol–water partition coefficient (Wildman–Crippen LogP) is 0.934. The van der Waals surface area contributed by atoms with Crippen LogP contribution in [0.1, 0.15) is 13.8 Å². The van der Waals surface area contributed by atoms with Crippen LogP contribution in [0.5, 0.6) is 0 Å². The Kier molecular flexibility index (Phi) is 4.20. The molecule has 0 aromatic carbocycles. The first kappa shape index (κ1) is 13.7. The molecule has 0 radical (unpaired) electrons. The first-order valence-corrected chi connectivity index (χ1v) is 5.41. The molecule has 1 fully saturated rings. The lowest BCUT2D eigenvalue weighted by Gasteiger charge is -2.43. The molecule has 0 aromatic rings. The molecule has 0 bridgehead atoms. The van der Waals surface area contributed by atoms with Crippen molar-refractivity contribution in [2.75, 3.05) is 26.7 Å². The number of hydrogen-bond donors (Lipinski definition) is 1. The lowest BCUT2D eigenvalue weighted by atomic mass is 10.1. The van der Waals surface area contributed by atoms with Crippen molar-refractivity contribution in [3.05, 3.63) is 0 Å². The number of aliphatic hydroxyl groups is 1. The van der Waals surface area contributed by atoms with E-state index in [-0.39, 0.29) is 18.6 Å². The van der Waals surface area contributed by atoms with Crippen LogP contribution in [0.2, 0.25) is 0 Å². The Hall–Kier alpha value is -0.330. The Morgan fingerprint density at radius 3 is 2.06 bits per heavy atom. The van der Waals surface area contributed by atoms with Gasteiger partial charge < -0.3 is 5.11 Å². The van der Waals surface area contributed by atoms with E-state index in [0.717, 1.165) is 0 Å². The molecule has 16 heavy (non-hydrogen) atoms. The third-order valence-corrected chi connectivity index (χ3v) is 3.24. The zero-order chi connectivity index (χ0) is 12.5. The Morgan fingerprint density at radius 2 is 1.69 bits per heavy atom. The molecule has 1 aliphatic rings. The summed E-state index contributed by atoms with van der Waals surface area (Å²) in [6, 6.07) is 0.424. The van der Waals surface area contributed by atoms with Crippen LogP contribution in [-0.4, -0.2) is 66.0 Å². The molecule has 3 atom stereocenters. The number of rotatable bonds is 2. The molecule has 0 amide bonds. The number of nitrogens with zero attached hydrogens (tertiary/aromatic N) is 2. The third-order valence-electron chi connectivity index (χ3n) is 3.24. The van der Waals surface area contributed by atoms with Crippen molar-refractivity contribution in [2.24, 2.45) is 0 Å². The highest BCUT2D eigenvalue weighted by atomic mass is 19.4. The Bertz CT molecular complexity index is 223. The smallest absolute Gasteiger partial charge is 0.382 e. The molecule has 0 saturated carbocycles. The Labute approximate surface area is 93.8 Å². The molecule has 6 heteroatoms. The standard InChI is InChI=1S/C10H19F3N2O/c1-7-4-15(5-8(2)14(7)3)6-9(16)10(11,12)13/h7-9,16H,4-6H2,1-3H3. The maximum atomic E-state index is 12.2. The second kappa shape index (κ2) is 4.89. The number of alkyl halides is 3. The monoisotopic (exact) mass is 240 g/mol. The van der Waals surface area contributed by atoms with Crippen LogP contribution >= 0.6 is 0 Å². The van der Waals surface area contributed by atoms with Crippen LogP contribution in [0.3, 0.4) is 0 Å². The second-order valence-corrected chi connectivity index (χ2v) is 4.64. The summed E-state index contributed by atoms with van der Waals surface area (Å²) in [6.07, 6.45) is -6.76. The SMILES string of the molecule is CC1CN(CC(O)C(F)(F)F)CC(C)N1C. The van der Waals surface area contributed by atoms with Gasteiger partial charge in [-0.15, -0.1) is 0 Å². The number of β-amino-alcohol motifs (C(OH)–C–C–N with tert-alkyl or cyclic N) is 1. The van der Waals surface area contributed by atoms with E-state index in [1.165, 1.54) is 0 Å². The number of aliphatic hydroxyl groups excluding tert-OH is 1. The van der Waals surface area contributed by atoms with E-state index >= 15 is 0 Å². The average molecular weight is 240 g/mol. The summed E-state index contributed by atoms with van der Waals surface area (Å²) >= 11 is 0. The zero-order valence-electron chi connectivity index (χ0n) is 9.83. The molecule has 96 valence electrons. The van der Waals surface area contributed by atoms with Crippen molar-refractivity contribution >= 4 is 0 Å². The fourth-order valence-electron chi connectivity index (χ4n) is 2.01. The number of piperazine rings is 1. The van der Waals surface area contributed by atoms with Crippen LogP contribution in [0, 0.1) is 0 Å². The Morgan fingerprint density at radius 1 is 1.25 bits per heavy atom. The van der Waals surface area contributed by atoms with Crippen molar-refractivity contribution in [3.63, 3.8) is 0 Å². The van der Waals surface area contributed by atoms with Gasteiger partial charge in [0, 0.05) is 31.7 Å². The van der Waals surface area contributed by atoms with Gasteiger partial charge in [-0.2, -0.15) is 13.2 Å². The van der Waals surface area contributed by atoms with Gasteiger partial charge >= 0.3 is 6.18 Å². The molecular formula is C10H19F3N2O. The normalized spacial score (nSPS) is 31.7. The van der Waals surface area contributed by atoms with E-state index in [0.29, 0.717) is 13.1 Å². The zero-order valence-corrected chi connectivity index (χ0v) is 9.83. The largest absolute Gasteiger partial charge is 0.415 e. The molecule has 1 N–H and O–H groups in total. The summed E-state index contributed by atoms with van der Waals surface area (Å²) < 4.78 is 36.6. The quantitative estimate of drug-likeness (QED) is 0.778. The van der Waals surface area contributed by atoms with Crippen molar-refractivity contribution in [2.45, 2.75) is 38.2 Å². The third kappa shape index (κ3) is 3.33. The molecule has 1 saturated heterocycles. The average Bonchev–Trinajstić information content (AvgIpc) is 2.12. The number of likely N-dealkylation sites (N-methyl/N-ethyl adjacent to an activating group) is 1. The minimum absolute atomic E-state index is 0.212. The topological polar surface area (TPSA) is 26.7 Å². The molecule has 1 rings (SSSR count). The maximum Gasteiger partial charge on any atom is 0.415 e. The summed E-state index contributed by atoms with van der Waals surface area (Å²) in [7, 11) is 1.97. The van der Waals surface area contributed by atoms with E-state index in [1.54, 1.807) is 4.90 Å². The van der Waals surface area contributed by atoms with Gasteiger partial charge in [-0.05, 0) is 20.9 Å². The molecule has 0 spiro atoms. The van der Waals surface area contributed by atoms with Crippen LogP contribution < -0.4 is 0 Å². The highest BCUT2D eigenvalue weighted by Gasteiger charge is 2.40. The fourth-order valence-corrected chi connectivity index (χ4v) is 2.01. The van der Waals surface area contributed by atoms with Crippen LogP contribution in [0.15, 0.2) is 0 Å². The lowest BCUT2D eigenvalue weighted by Crippen LogP contribution is -2.57. The minimum atomic E-state index is -4.52. The summed E-state index contributed by atoms with van der Waals surface area (Å²) in [5, 5.41) is 9.00. The van der Waals surface area contributed by atoms with Crippen LogP contribution in [-0.2, 0) is 0 Å². The molecule has 0 aliphatic carbocycles. The highest BCUT2D eigenvalue weighted by molar-refractivity contribution is 4.84. The maximum absolute atomic E-state index is 12.2. The summed E-state index contributed by atoms with van der Waals surface area (Å²) in [6.45, 7) is 4.75. The van der Waals surface area contributed by atoms with Gasteiger partial charge in [0.25, 0.3) is 0 Å². The van der Waals surface area contributed by atoms with E-state index in [1.807, 2.05) is 20.9 Å². The van der Waals surface area contributed by atoms with Gasteiger partial charge in [0.1, 0.15) is 0 Å². The van der Waals surface area contributed by atoms with Crippen LogP contribution in [0.25, 0.3) is 0 Å². The molecule has 3 nitrogen and oxygen atoms in total. The van der Waals surface area contributed by atoms with Gasteiger partial charge in [0.2, 0.25) is 0 Å². The van der Waals surface area contributed by atoms with Gasteiger partial charge in [0.15, 0.2) is 6.10 Å². The van der Waals surface area contributed by atoms with Crippen molar-refractivity contribution in [1.29, 1.82) is 0 Å². The number of hydrogen-bond acceptors (Lipinski definition) is 3. The van der Waals surface area contributed by atoms with Crippen molar-refractivity contribution in [1.82, 2.24) is 9.80 Å². The van der Waals surface area contributed by atoms with Crippen molar-refractivity contribution < 1.29 is 18.3 Å². The fraction of sp³-hybridized carbons (Fsp3) is 1.00. The van der Waals surface area contributed by atoms with E-state index in [9.17, 15) is 13.2 Å². The first-order valence-electron chi connectivity index (χ1n) is 5.41. The molecule has 1 aliphatic heterocycles. The van der Waals surface area contributed by atoms with E-state index in [2.05, 4.69) is 4.90 Å². The molecular weight excluding hydrogens is 221 g/mol. The minimum Gasteiger partial charge on any atom is -0.382 e. The molecule has 0 aromatic heterocycles. The van der Waals surface area contributed by atoms with Gasteiger partial charge in [-0.1, -0.05) is 0 Å². The second-order valence-electron chi connectivity index (χ2n) is 4.64.